The van der Waals surface area contributed by atoms with Crippen LogP contribution in [-0.4, -0.2) is 18.6 Å². The van der Waals surface area contributed by atoms with Crippen LogP contribution >= 0.6 is 0 Å². The molecule has 1 atom stereocenters. The number of hydrogen-bond donors (Lipinski definition) is 1. The molecule has 0 aromatic heterocycles. The molecule has 22 heavy (non-hydrogen) atoms. The molecule has 1 amide bonds. The lowest BCUT2D eigenvalue weighted by atomic mass is 10.1. The van der Waals surface area contributed by atoms with E-state index in [4.69, 9.17) is 4.74 Å². The minimum atomic E-state index is -0.503. The molecule has 0 aliphatic rings. The van der Waals surface area contributed by atoms with Crippen LogP contribution in [0.4, 0.5) is 0 Å². The van der Waals surface area contributed by atoms with Crippen LogP contribution in [0.3, 0.4) is 0 Å². The van der Waals surface area contributed by atoms with Crippen molar-refractivity contribution in [2.45, 2.75) is 33.3 Å². The summed E-state index contributed by atoms with van der Waals surface area (Å²) in [5, 5.41) is 2.92. The number of carbonyl (C=O) groups excluding carboxylic acids is 1. The molecule has 0 radical (unpaired) electrons. The van der Waals surface area contributed by atoms with Crippen LogP contribution < -0.4 is 10.1 Å². The summed E-state index contributed by atoms with van der Waals surface area (Å²) < 4.78 is 5.75. The van der Waals surface area contributed by atoms with Crippen LogP contribution in [-0.2, 0) is 11.2 Å². The molecule has 0 bridgehead atoms. The highest BCUT2D eigenvalue weighted by Crippen LogP contribution is 2.20. The molecule has 116 valence electrons. The fraction of sp³-hybridized carbons (Fsp3) is 0.316. The molecule has 0 aliphatic carbocycles. The van der Waals surface area contributed by atoms with Crippen LogP contribution in [0.5, 0.6) is 5.75 Å². The second kappa shape index (κ2) is 7.64. The molecule has 0 aliphatic heterocycles. The van der Waals surface area contributed by atoms with Crippen molar-refractivity contribution in [3.63, 3.8) is 0 Å². The second-order valence-electron chi connectivity index (χ2n) is 5.56. The zero-order chi connectivity index (χ0) is 15.9. The molecular formula is C19H23NO2. The Kier molecular flexibility index (Phi) is 5.59. The van der Waals surface area contributed by atoms with Crippen LogP contribution in [0.25, 0.3) is 0 Å². The van der Waals surface area contributed by atoms with E-state index in [1.807, 2.05) is 44.2 Å². The Hall–Kier alpha value is -2.29. The summed E-state index contributed by atoms with van der Waals surface area (Å²) in [7, 11) is 0. The maximum Gasteiger partial charge on any atom is 0.260 e. The minimum absolute atomic E-state index is 0.0871. The molecule has 0 unspecified atom stereocenters. The van der Waals surface area contributed by atoms with Gasteiger partial charge in [-0.2, -0.15) is 0 Å². The third-order valence-corrected chi connectivity index (χ3v) is 3.56. The number of rotatable bonds is 6. The molecule has 0 spiro atoms. The summed E-state index contributed by atoms with van der Waals surface area (Å²) in [5.74, 6) is 0.673. The Bertz CT molecular complexity index is 623. The van der Waals surface area contributed by atoms with E-state index in [0.29, 0.717) is 6.54 Å². The molecule has 0 heterocycles. The lowest BCUT2D eigenvalue weighted by molar-refractivity contribution is -0.127. The number of hydrogen-bond acceptors (Lipinski definition) is 2. The zero-order valence-electron chi connectivity index (χ0n) is 13.4. The van der Waals surface area contributed by atoms with Gasteiger partial charge in [0.2, 0.25) is 0 Å². The number of amides is 1. The standard InChI is InChI=1S/C19H23NO2/c1-14-9-10-18(15(2)13-14)22-16(3)19(21)20-12-11-17-7-5-4-6-8-17/h4-10,13,16H,11-12H2,1-3H3,(H,20,21)/t16-/m0/s1. The van der Waals surface area contributed by atoms with Crippen molar-refractivity contribution < 1.29 is 9.53 Å². The topological polar surface area (TPSA) is 38.3 Å². The molecule has 0 saturated carbocycles. The Labute approximate surface area is 132 Å². The summed E-state index contributed by atoms with van der Waals surface area (Å²) in [6.07, 6.45) is 0.320. The van der Waals surface area contributed by atoms with Gasteiger partial charge in [-0.1, -0.05) is 48.0 Å². The average Bonchev–Trinajstić information content (AvgIpc) is 2.51. The zero-order valence-corrected chi connectivity index (χ0v) is 13.4. The van der Waals surface area contributed by atoms with E-state index in [9.17, 15) is 4.79 Å². The molecule has 3 heteroatoms. The van der Waals surface area contributed by atoms with E-state index in [2.05, 4.69) is 23.5 Å². The van der Waals surface area contributed by atoms with Crippen molar-refractivity contribution in [1.82, 2.24) is 5.32 Å². The third kappa shape index (κ3) is 4.62. The van der Waals surface area contributed by atoms with Crippen molar-refractivity contribution in [3.05, 3.63) is 65.2 Å². The van der Waals surface area contributed by atoms with Gasteiger partial charge < -0.3 is 10.1 Å². The van der Waals surface area contributed by atoms with Crippen LogP contribution in [0, 0.1) is 13.8 Å². The highest BCUT2D eigenvalue weighted by Gasteiger charge is 2.15. The summed E-state index contributed by atoms with van der Waals surface area (Å²) in [6, 6.07) is 16.1. The van der Waals surface area contributed by atoms with Gasteiger partial charge >= 0.3 is 0 Å². The first-order valence-electron chi connectivity index (χ1n) is 7.62. The predicted octanol–water partition coefficient (Wildman–Crippen LogP) is 3.43. The maximum atomic E-state index is 12.1. The first-order chi connectivity index (χ1) is 10.6. The number of ether oxygens (including phenoxy) is 1. The van der Waals surface area contributed by atoms with Gasteiger partial charge in [0.1, 0.15) is 5.75 Å². The van der Waals surface area contributed by atoms with Gasteiger partial charge in [-0.05, 0) is 44.4 Å². The van der Waals surface area contributed by atoms with Crippen LogP contribution in [0.15, 0.2) is 48.5 Å². The fourth-order valence-corrected chi connectivity index (χ4v) is 2.29. The van der Waals surface area contributed by atoms with E-state index in [0.717, 1.165) is 17.7 Å². The molecule has 0 fully saturated rings. The quantitative estimate of drug-likeness (QED) is 0.887. The van der Waals surface area contributed by atoms with Crippen LogP contribution in [0.1, 0.15) is 23.6 Å². The number of aryl methyl sites for hydroxylation is 2. The molecule has 2 aromatic rings. The predicted molar refractivity (Wildman–Crippen MR) is 89.2 cm³/mol. The van der Waals surface area contributed by atoms with Crippen molar-refractivity contribution in [1.29, 1.82) is 0 Å². The van der Waals surface area contributed by atoms with E-state index >= 15 is 0 Å². The fourth-order valence-electron chi connectivity index (χ4n) is 2.29. The van der Waals surface area contributed by atoms with Gasteiger partial charge in [0.15, 0.2) is 6.10 Å². The van der Waals surface area contributed by atoms with Gasteiger partial charge in [-0.15, -0.1) is 0 Å². The molecule has 2 rings (SSSR count). The average molecular weight is 297 g/mol. The van der Waals surface area contributed by atoms with Gasteiger partial charge in [-0.25, -0.2) is 0 Å². The lowest BCUT2D eigenvalue weighted by Gasteiger charge is -2.16. The van der Waals surface area contributed by atoms with Crippen molar-refractivity contribution >= 4 is 5.91 Å². The molecule has 2 aromatic carbocycles. The van der Waals surface area contributed by atoms with Crippen molar-refractivity contribution in [2.24, 2.45) is 0 Å². The lowest BCUT2D eigenvalue weighted by Crippen LogP contribution is -2.37. The maximum absolute atomic E-state index is 12.1. The third-order valence-electron chi connectivity index (χ3n) is 3.56. The molecule has 3 nitrogen and oxygen atoms in total. The summed E-state index contributed by atoms with van der Waals surface area (Å²) in [4.78, 5) is 12.1. The summed E-state index contributed by atoms with van der Waals surface area (Å²) in [6.45, 7) is 6.42. The Morgan fingerprint density at radius 3 is 2.55 bits per heavy atom. The minimum Gasteiger partial charge on any atom is -0.481 e. The first-order valence-corrected chi connectivity index (χ1v) is 7.62. The van der Waals surface area contributed by atoms with Gasteiger partial charge in [0.25, 0.3) is 5.91 Å². The van der Waals surface area contributed by atoms with Gasteiger partial charge in [-0.3, -0.25) is 4.79 Å². The normalized spacial score (nSPS) is 11.8. The van der Waals surface area contributed by atoms with Gasteiger partial charge in [0.05, 0.1) is 0 Å². The second-order valence-corrected chi connectivity index (χ2v) is 5.56. The largest absolute Gasteiger partial charge is 0.481 e. The number of carbonyl (C=O) groups is 1. The highest BCUT2D eigenvalue weighted by molar-refractivity contribution is 5.80. The Morgan fingerprint density at radius 1 is 1.14 bits per heavy atom. The molecule has 1 N–H and O–H groups in total. The molecule has 0 saturated heterocycles. The summed E-state index contributed by atoms with van der Waals surface area (Å²) in [5.41, 5.74) is 3.44. The number of benzene rings is 2. The van der Waals surface area contributed by atoms with E-state index < -0.39 is 6.10 Å². The Morgan fingerprint density at radius 2 is 1.86 bits per heavy atom. The van der Waals surface area contributed by atoms with Crippen molar-refractivity contribution in [3.8, 4) is 5.75 Å². The van der Waals surface area contributed by atoms with E-state index in [-0.39, 0.29) is 5.91 Å². The van der Waals surface area contributed by atoms with E-state index in [1.165, 1.54) is 11.1 Å². The Balaban J connectivity index is 1.82. The monoisotopic (exact) mass is 297 g/mol. The van der Waals surface area contributed by atoms with E-state index in [1.54, 1.807) is 6.92 Å². The smallest absolute Gasteiger partial charge is 0.260 e. The SMILES string of the molecule is Cc1ccc(O[C@@H](C)C(=O)NCCc2ccccc2)c(C)c1. The van der Waals surface area contributed by atoms with Crippen molar-refractivity contribution in [2.75, 3.05) is 6.54 Å². The first kappa shape index (κ1) is 16.1. The molecular weight excluding hydrogens is 274 g/mol. The summed E-state index contributed by atoms with van der Waals surface area (Å²) >= 11 is 0. The van der Waals surface area contributed by atoms with Crippen LogP contribution in [0.2, 0.25) is 0 Å². The highest BCUT2D eigenvalue weighted by atomic mass is 16.5. The van der Waals surface area contributed by atoms with Gasteiger partial charge in [0, 0.05) is 6.54 Å². The number of nitrogens with one attached hydrogen (secondary N) is 1.